The van der Waals surface area contributed by atoms with Crippen LogP contribution in [0.1, 0.15) is 37.8 Å². The molecule has 1 atom stereocenters. The van der Waals surface area contributed by atoms with Crippen molar-refractivity contribution < 1.29 is 18.0 Å². The van der Waals surface area contributed by atoms with E-state index in [9.17, 15) is 18.0 Å². The third-order valence-corrected chi connectivity index (χ3v) is 2.87. The van der Waals surface area contributed by atoms with Crippen molar-refractivity contribution in [1.82, 2.24) is 5.32 Å². The lowest BCUT2D eigenvalue weighted by Crippen LogP contribution is -2.29. The Morgan fingerprint density at radius 2 is 1.86 bits per heavy atom. The lowest BCUT2D eigenvalue weighted by atomic mass is 10.1. The van der Waals surface area contributed by atoms with Crippen molar-refractivity contribution in [1.29, 1.82) is 0 Å². The number of carbonyl (C=O) groups excluding carboxylic acids is 1. The summed E-state index contributed by atoms with van der Waals surface area (Å²) in [6.07, 6.45) is -4.66. The van der Waals surface area contributed by atoms with E-state index in [0.29, 0.717) is 5.69 Å². The number of urea groups is 1. The first-order chi connectivity index (χ1) is 9.78. The number of anilines is 1. The molecule has 0 aliphatic rings. The highest BCUT2D eigenvalue weighted by molar-refractivity contribution is 5.89. The van der Waals surface area contributed by atoms with Crippen LogP contribution < -0.4 is 16.4 Å². The van der Waals surface area contributed by atoms with Gasteiger partial charge in [0.25, 0.3) is 0 Å². The van der Waals surface area contributed by atoms with Gasteiger partial charge < -0.3 is 16.4 Å². The second-order valence-electron chi connectivity index (χ2n) is 4.86. The van der Waals surface area contributed by atoms with Crippen LogP contribution in [-0.4, -0.2) is 18.8 Å². The summed E-state index contributed by atoms with van der Waals surface area (Å²) in [5, 5.41) is 5.11. The van der Waals surface area contributed by atoms with Gasteiger partial charge in [-0.25, -0.2) is 4.79 Å². The van der Waals surface area contributed by atoms with Crippen molar-refractivity contribution in [3.05, 3.63) is 29.8 Å². The van der Waals surface area contributed by atoms with Crippen molar-refractivity contribution in [2.24, 2.45) is 5.73 Å². The van der Waals surface area contributed by atoms with E-state index in [2.05, 4.69) is 10.6 Å². The molecule has 0 saturated carbocycles. The maximum Gasteiger partial charge on any atom is 0.389 e. The van der Waals surface area contributed by atoms with Gasteiger partial charge in [-0.2, -0.15) is 13.2 Å². The molecule has 1 aromatic carbocycles. The van der Waals surface area contributed by atoms with Crippen LogP contribution in [0, 0.1) is 0 Å². The highest BCUT2D eigenvalue weighted by Crippen LogP contribution is 2.21. The molecule has 118 valence electrons. The van der Waals surface area contributed by atoms with Crippen LogP contribution in [0.4, 0.5) is 23.7 Å². The summed E-state index contributed by atoms with van der Waals surface area (Å²) in [5.74, 6) is 0. The van der Waals surface area contributed by atoms with Gasteiger partial charge in [0.1, 0.15) is 0 Å². The zero-order valence-electron chi connectivity index (χ0n) is 11.8. The Labute approximate surface area is 121 Å². The largest absolute Gasteiger partial charge is 0.389 e. The van der Waals surface area contributed by atoms with Gasteiger partial charge in [-0.3, -0.25) is 0 Å². The molecule has 0 bridgehead atoms. The van der Waals surface area contributed by atoms with Crippen LogP contribution >= 0.6 is 0 Å². The molecular weight excluding hydrogens is 283 g/mol. The van der Waals surface area contributed by atoms with E-state index in [4.69, 9.17) is 5.73 Å². The monoisotopic (exact) mass is 303 g/mol. The van der Waals surface area contributed by atoms with Gasteiger partial charge in [-0.15, -0.1) is 0 Å². The molecule has 0 saturated heterocycles. The Bertz CT molecular complexity index is 444. The molecular formula is C14H20F3N3O. The number of benzene rings is 1. The fourth-order valence-corrected chi connectivity index (χ4v) is 1.70. The second-order valence-corrected chi connectivity index (χ2v) is 4.86. The maximum absolute atomic E-state index is 11.9. The Morgan fingerprint density at radius 3 is 2.38 bits per heavy atom. The van der Waals surface area contributed by atoms with Crippen LogP contribution in [0.3, 0.4) is 0 Å². The first-order valence-electron chi connectivity index (χ1n) is 6.75. The minimum atomic E-state index is -4.13. The minimum absolute atomic E-state index is 0.00681. The number of alkyl halides is 3. The summed E-state index contributed by atoms with van der Waals surface area (Å²) in [6.45, 7) is 2.07. The number of carbonyl (C=O) groups is 1. The molecule has 21 heavy (non-hydrogen) atoms. The molecule has 0 heterocycles. The molecule has 0 aromatic heterocycles. The number of nitrogens with one attached hydrogen (secondary N) is 2. The summed E-state index contributed by atoms with van der Waals surface area (Å²) in [5.41, 5.74) is 7.27. The van der Waals surface area contributed by atoms with Crippen molar-refractivity contribution in [3.8, 4) is 0 Å². The van der Waals surface area contributed by atoms with Crippen molar-refractivity contribution in [3.63, 3.8) is 0 Å². The molecule has 1 rings (SSSR count). The van der Waals surface area contributed by atoms with Gasteiger partial charge in [0.2, 0.25) is 0 Å². The third kappa shape index (κ3) is 7.55. The maximum atomic E-state index is 11.9. The minimum Gasteiger partial charge on any atom is -0.338 e. The zero-order valence-corrected chi connectivity index (χ0v) is 11.8. The highest BCUT2D eigenvalue weighted by Gasteiger charge is 2.25. The standard InChI is InChI=1S/C14H20F3N3O/c1-10(18)11-4-6-12(7-5-11)20-13(21)19-9-3-2-8-14(15,16)17/h4-7,10H,2-3,8-9,18H2,1H3,(H2,19,20,21). The normalized spacial score (nSPS) is 12.8. The number of halogens is 3. The van der Waals surface area contributed by atoms with Gasteiger partial charge in [0.15, 0.2) is 0 Å². The fraction of sp³-hybridized carbons (Fsp3) is 0.500. The van der Waals surface area contributed by atoms with E-state index >= 15 is 0 Å². The van der Waals surface area contributed by atoms with Gasteiger partial charge in [-0.1, -0.05) is 12.1 Å². The predicted molar refractivity (Wildman–Crippen MR) is 76.0 cm³/mol. The molecule has 7 heteroatoms. The molecule has 0 spiro atoms. The van der Waals surface area contributed by atoms with Crippen molar-refractivity contribution in [2.45, 2.75) is 38.4 Å². The summed E-state index contributed by atoms with van der Waals surface area (Å²) in [7, 11) is 0. The Kier molecular flexibility index (Phi) is 6.48. The Hall–Kier alpha value is -1.76. The van der Waals surface area contributed by atoms with Crippen LogP contribution in [0.2, 0.25) is 0 Å². The number of hydrogen-bond donors (Lipinski definition) is 3. The Balaban J connectivity index is 2.24. The second kappa shape index (κ2) is 7.87. The molecule has 0 aliphatic heterocycles. The molecule has 4 N–H and O–H groups in total. The quantitative estimate of drug-likeness (QED) is 0.703. The molecule has 1 unspecified atom stereocenters. The lowest BCUT2D eigenvalue weighted by Gasteiger charge is -2.10. The first-order valence-corrected chi connectivity index (χ1v) is 6.75. The van der Waals surface area contributed by atoms with E-state index in [-0.39, 0.29) is 25.4 Å². The number of nitrogens with two attached hydrogens (primary N) is 1. The number of hydrogen-bond acceptors (Lipinski definition) is 2. The van der Waals surface area contributed by atoms with Gasteiger partial charge in [0.05, 0.1) is 0 Å². The molecule has 0 fully saturated rings. The topological polar surface area (TPSA) is 67.1 Å². The summed E-state index contributed by atoms with van der Waals surface area (Å²) < 4.78 is 35.7. The molecule has 0 radical (unpaired) electrons. The van der Waals surface area contributed by atoms with E-state index in [0.717, 1.165) is 5.56 Å². The Morgan fingerprint density at radius 1 is 1.24 bits per heavy atom. The van der Waals surface area contributed by atoms with Crippen LogP contribution in [0.15, 0.2) is 24.3 Å². The number of amides is 2. The van der Waals surface area contributed by atoms with E-state index in [1.165, 1.54) is 0 Å². The predicted octanol–water partition coefficient (Wildman–Crippen LogP) is 3.56. The molecule has 2 amide bonds. The molecule has 0 aliphatic carbocycles. The van der Waals surface area contributed by atoms with E-state index < -0.39 is 18.6 Å². The van der Waals surface area contributed by atoms with Crippen LogP contribution in [0.25, 0.3) is 0 Å². The summed E-state index contributed by atoms with van der Waals surface area (Å²) in [4.78, 5) is 11.5. The average Bonchev–Trinajstić information content (AvgIpc) is 2.37. The SMILES string of the molecule is CC(N)c1ccc(NC(=O)NCCCCC(F)(F)F)cc1. The van der Waals surface area contributed by atoms with Gasteiger partial charge in [-0.05, 0) is 37.5 Å². The first kappa shape index (κ1) is 17.3. The highest BCUT2D eigenvalue weighted by atomic mass is 19.4. The summed E-state index contributed by atoms with van der Waals surface area (Å²) in [6, 6.07) is 6.55. The third-order valence-electron chi connectivity index (χ3n) is 2.87. The fourth-order valence-electron chi connectivity index (χ4n) is 1.70. The van der Waals surface area contributed by atoms with Crippen molar-refractivity contribution in [2.75, 3.05) is 11.9 Å². The van der Waals surface area contributed by atoms with Crippen LogP contribution in [-0.2, 0) is 0 Å². The summed E-state index contributed by atoms with van der Waals surface area (Å²) >= 11 is 0. The van der Waals surface area contributed by atoms with E-state index in [1.54, 1.807) is 12.1 Å². The smallest absolute Gasteiger partial charge is 0.338 e. The number of unbranched alkanes of at least 4 members (excludes halogenated alkanes) is 1. The van der Waals surface area contributed by atoms with E-state index in [1.807, 2.05) is 19.1 Å². The molecule has 1 aromatic rings. The van der Waals surface area contributed by atoms with Gasteiger partial charge >= 0.3 is 12.2 Å². The average molecular weight is 303 g/mol. The molecule has 4 nitrogen and oxygen atoms in total. The lowest BCUT2D eigenvalue weighted by molar-refractivity contribution is -0.135. The number of rotatable bonds is 6. The zero-order chi connectivity index (χ0) is 15.9. The van der Waals surface area contributed by atoms with Crippen molar-refractivity contribution >= 4 is 11.7 Å². The van der Waals surface area contributed by atoms with Gasteiger partial charge in [0, 0.05) is 24.7 Å². The van der Waals surface area contributed by atoms with Crippen LogP contribution in [0.5, 0.6) is 0 Å².